The molecule has 2 aromatic rings. The van der Waals surface area contributed by atoms with Crippen LogP contribution in [0.2, 0.25) is 0 Å². The normalized spacial score (nSPS) is 10.5. The first kappa shape index (κ1) is 11.2. The van der Waals surface area contributed by atoms with Gasteiger partial charge in [0.25, 0.3) is 5.56 Å². The minimum atomic E-state index is -0.0351. The van der Waals surface area contributed by atoms with Gasteiger partial charge in [0.2, 0.25) is 0 Å². The van der Waals surface area contributed by atoms with Crippen molar-refractivity contribution in [3.8, 4) is 0 Å². The summed E-state index contributed by atoms with van der Waals surface area (Å²) >= 11 is 3.07. The molecule has 2 N–H and O–H groups in total. The molecule has 0 aliphatic carbocycles. The fraction of sp³-hybridized carbons (Fsp3) is 0.222. The van der Waals surface area contributed by atoms with E-state index in [9.17, 15) is 4.79 Å². The Morgan fingerprint density at radius 1 is 1.50 bits per heavy atom. The average Bonchev–Trinajstić information content (AvgIpc) is 2.76. The molecular weight excluding hydrogens is 244 g/mol. The number of pyridine rings is 1. The van der Waals surface area contributed by atoms with Crippen molar-refractivity contribution in [2.75, 3.05) is 11.5 Å². The van der Waals surface area contributed by atoms with Gasteiger partial charge >= 0.3 is 0 Å². The second-order valence-corrected chi connectivity index (χ2v) is 5.22. The fourth-order valence-electron chi connectivity index (χ4n) is 1.18. The van der Waals surface area contributed by atoms with Gasteiger partial charge in [0, 0.05) is 30.2 Å². The second-order valence-electron chi connectivity index (χ2n) is 3.05. The highest BCUT2D eigenvalue weighted by atomic mass is 32.2. The molecule has 0 aliphatic heterocycles. The van der Waals surface area contributed by atoms with Crippen molar-refractivity contribution in [3.05, 3.63) is 34.2 Å². The van der Waals surface area contributed by atoms with Crippen molar-refractivity contribution in [2.24, 2.45) is 0 Å². The van der Waals surface area contributed by atoms with E-state index in [0.29, 0.717) is 12.2 Å². The lowest BCUT2D eigenvalue weighted by molar-refractivity contribution is 0.736. The molecule has 2 heterocycles. The number of hydrogen-bond acceptors (Lipinski definition) is 6. The Morgan fingerprint density at radius 2 is 2.38 bits per heavy atom. The number of anilines is 1. The van der Waals surface area contributed by atoms with Crippen molar-refractivity contribution >= 4 is 28.8 Å². The monoisotopic (exact) mass is 254 g/mol. The van der Waals surface area contributed by atoms with Crippen LogP contribution in [-0.2, 0) is 6.54 Å². The maximum Gasteiger partial charge on any atom is 0.250 e. The number of rotatable bonds is 4. The summed E-state index contributed by atoms with van der Waals surface area (Å²) in [7, 11) is 0. The molecular formula is C9H10N4OS2. The third-order valence-corrected chi connectivity index (χ3v) is 3.74. The molecule has 5 nitrogen and oxygen atoms in total. The average molecular weight is 254 g/mol. The topological polar surface area (TPSA) is 73.8 Å². The third kappa shape index (κ3) is 2.83. The Labute approximate surface area is 100 Å². The van der Waals surface area contributed by atoms with Gasteiger partial charge in [0.05, 0.1) is 0 Å². The van der Waals surface area contributed by atoms with E-state index < -0.39 is 0 Å². The van der Waals surface area contributed by atoms with Gasteiger partial charge in [-0.05, 0) is 6.07 Å². The maximum absolute atomic E-state index is 11.4. The van der Waals surface area contributed by atoms with Crippen LogP contribution in [0.15, 0.2) is 33.0 Å². The standard InChI is InChI=1S/C9H10N4OS2/c10-7-1-2-8(14)13(5-7)3-4-15-9-12-11-6-16-9/h1-2,5-6H,3-4,10H2. The quantitative estimate of drug-likeness (QED) is 0.826. The smallest absolute Gasteiger partial charge is 0.250 e. The fourth-order valence-corrected chi connectivity index (χ4v) is 2.68. The van der Waals surface area contributed by atoms with Crippen molar-refractivity contribution in [2.45, 2.75) is 10.9 Å². The van der Waals surface area contributed by atoms with Crippen LogP contribution in [0.25, 0.3) is 0 Å². The summed E-state index contributed by atoms with van der Waals surface area (Å²) in [6.07, 6.45) is 1.66. The Morgan fingerprint density at radius 3 is 3.12 bits per heavy atom. The lowest BCUT2D eigenvalue weighted by Gasteiger charge is -2.04. The summed E-state index contributed by atoms with van der Waals surface area (Å²) in [6.45, 7) is 0.619. The highest BCUT2D eigenvalue weighted by Gasteiger charge is 2.00. The van der Waals surface area contributed by atoms with Gasteiger partial charge in [0.15, 0.2) is 4.34 Å². The first-order valence-corrected chi connectivity index (χ1v) is 6.47. The Hall–Kier alpha value is -1.34. The minimum Gasteiger partial charge on any atom is -0.398 e. The number of aryl methyl sites for hydroxylation is 1. The maximum atomic E-state index is 11.4. The summed E-state index contributed by atoms with van der Waals surface area (Å²) in [4.78, 5) is 11.4. The van der Waals surface area contributed by atoms with Crippen LogP contribution < -0.4 is 11.3 Å². The number of hydrogen-bond donors (Lipinski definition) is 1. The first-order valence-electron chi connectivity index (χ1n) is 4.60. The number of aromatic nitrogens is 3. The molecule has 2 rings (SSSR count). The lowest BCUT2D eigenvalue weighted by Crippen LogP contribution is -2.19. The van der Waals surface area contributed by atoms with E-state index in [4.69, 9.17) is 5.73 Å². The van der Waals surface area contributed by atoms with Gasteiger partial charge in [-0.25, -0.2) is 0 Å². The van der Waals surface area contributed by atoms with Crippen LogP contribution in [-0.4, -0.2) is 20.5 Å². The van der Waals surface area contributed by atoms with Crippen molar-refractivity contribution in [3.63, 3.8) is 0 Å². The van der Waals surface area contributed by atoms with Gasteiger partial charge in [-0.3, -0.25) is 4.79 Å². The van der Waals surface area contributed by atoms with Crippen molar-refractivity contribution in [1.29, 1.82) is 0 Å². The zero-order valence-electron chi connectivity index (χ0n) is 8.37. The summed E-state index contributed by atoms with van der Waals surface area (Å²) in [5.41, 5.74) is 7.86. The Balaban J connectivity index is 1.94. The van der Waals surface area contributed by atoms with E-state index in [1.165, 1.54) is 17.4 Å². The molecule has 0 radical (unpaired) electrons. The molecule has 2 aromatic heterocycles. The molecule has 84 valence electrons. The van der Waals surface area contributed by atoms with Crippen LogP contribution in [0.1, 0.15) is 0 Å². The van der Waals surface area contributed by atoms with E-state index in [1.54, 1.807) is 34.1 Å². The molecule has 7 heteroatoms. The number of nitrogens with zero attached hydrogens (tertiary/aromatic N) is 3. The Bertz CT molecular complexity index is 508. The van der Waals surface area contributed by atoms with Gasteiger partial charge in [-0.2, -0.15) is 0 Å². The van der Waals surface area contributed by atoms with Gasteiger partial charge in [-0.15, -0.1) is 10.2 Å². The third-order valence-electron chi connectivity index (χ3n) is 1.90. The lowest BCUT2D eigenvalue weighted by atomic mass is 10.4. The second kappa shape index (κ2) is 5.13. The van der Waals surface area contributed by atoms with E-state index >= 15 is 0 Å². The first-order chi connectivity index (χ1) is 7.75. The highest BCUT2D eigenvalue weighted by Crippen LogP contribution is 2.18. The van der Waals surface area contributed by atoms with Crippen LogP contribution in [0.3, 0.4) is 0 Å². The SMILES string of the molecule is Nc1ccc(=O)n(CCSc2nncs2)c1. The van der Waals surface area contributed by atoms with Gasteiger partial charge in [-0.1, -0.05) is 23.1 Å². The van der Waals surface area contributed by atoms with E-state index in [2.05, 4.69) is 10.2 Å². The minimum absolute atomic E-state index is 0.0351. The summed E-state index contributed by atoms with van der Waals surface area (Å²) in [5, 5.41) is 7.65. The molecule has 0 aliphatic rings. The molecule has 0 spiro atoms. The molecule has 0 saturated carbocycles. The van der Waals surface area contributed by atoms with Gasteiger partial charge < -0.3 is 10.3 Å². The summed E-state index contributed by atoms with van der Waals surface area (Å²) in [6, 6.07) is 3.08. The molecule has 0 bridgehead atoms. The molecule has 0 amide bonds. The molecule has 16 heavy (non-hydrogen) atoms. The zero-order chi connectivity index (χ0) is 11.4. The van der Waals surface area contributed by atoms with E-state index in [1.807, 2.05) is 0 Å². The predicted octanol–water partition coefficient (Wildman–Crippen LogP) is 1.07. The van der Waals surface area contributed by atoms with Crippen LogP contribution in [0.5, 0.6) is 0 Å². The number of thioether (sulfide) groups is 1. The largest absolute Gasteiger partial charge is 0.398 e. The summed E-state index contributed by atoms with van der Waals surface area (Å²) in [5.74, 6) is 0.776. The zero-order valence-corrected chi connectivity index (χ0v) is 10.0. The van der Waals surface area contributed by atoms with Crippen LogP contribution >= 0.6 is 23.1 Å². The van der Waals surface area contributed by atoms with Crippen LogP contribution in [0.4, 0.5) is 5.69 Å². The van der Waals surface area contributed by atoms with Crippen molar-refractivity contribution < 1.29 is 0 Å². The highest BCUT2D eigenvalue weighted by molar-refractivity contribution is 8.00. The molecule has 0 unspecified atom stereocenters. The molecule has 0 atom stereocenters. The number of nitrogen functional groups attached to an aromatic ring is 1. The predicted molar refractivity (Wildman–Crippen MR) is 65.7 cm³/mol. The van der Waals surface area contributed by atoms with E-state index in [0.717, 1.165) is 10.1 Å². The summed E-state index contributed by atoms with van der Waals surface area (Å²) < 4.78 is 2.51. The van der Waals surface area contributed by atoms with E-state index in [-0.39, 0.29) is 5.56 Å². The van der Waals surface area contributed by atoms with Crippen molar-refractivity contribution in [1.82, 2.24) is 14.8 Å². The molecule has 0 fully saturated rings. The molecule has 0 saturated heterocycles. The van der Waals surface area contributed by atoms with Crippen LogP contribution in [0, 0.1) is 0 Å². The number of nitrogens with two attached hydrogens (primary N) is 1. The van der Waals surface area contributed by atoms with Gasteiger partial charge in [0.1, 0.15) is 5.51 Å². The molecule has 0 aromatic carbocycles. The Kier molecular flexibility index (Phi) is 3.58.